The van der Waals surface area contributed by atoms with E-state index < -0.39 is 11.4 Å². The van der Waals surface area contributed by atoms with Gasteiger partial charge in [-0.1, -0.05) is 31.5 Å². The largest absolute Gasteiger partial charge is 0.504 e. The standard InChI is InChI=1S/C15H11ClFN3O2.C9H17NO.C4H10O/c1-22-13-6-11-8(5-12(13)21)15(19-7-18-11)20-10-4-2-3-9(16)14(10)17;1-8(2)9(11)10-6-4-3-5-7-10;1-4(2,3)5/h2-7,21H,1H3,(H,18,19,20);8H,3-7H2,1-2H3;5H,1-3H3. The highest BCUT2D eigenvalue weighted by Crippen LogP contribution is 2.34. The van der Waals surface area contributed by atoms with Crippen LogP contribution in [0.25, 0.3) is 10.9 Å². The van der Waals surface area contributed by atoms with Crippen LogP contribution in [0.2, 0.25) is 5.02 Å². The van der Waals surface area contributed by atoms with Crippen LogP contribution in [0, 0.1) is 11.7 Å². The summed E-state index contributed by atoms with van der Waals surface area (Å²) in [7, 11) is 1.45. The van der Waals surface area contributed by atoms with Crippen LogP contribution < -0.4 is 10.1 Å². The number of aliphatic hydroxyl groups is 1. The zero-order valence-corrected chi connectivity index (χ0v) is 23.6. The van der Waals surface area contributed by atoms with Gasteiger partial charge in [0.25, 0.3) is 0 Å². The summed E-state index contributed by atoms with van der Waals surface area (Å²) in [6, 6.07) is 7.65. The number of carbonyl (C=O) groups excluding carboxylic acids is 1. The number of piperidine rings is 1. The number of phenolic OH excluding ortho intramolecular Hbond substituents is 1. The molecule has 0 unspecified atom stereocenters. The van der Waals surface area contributed by atoms with Gasteiger partial charge in [0.05, 0.1) is 28.9 Å². The molecule has 3 aromatic rings. The molecular weight excluding hydrogens is 511 g/mol. The molecule has 2 heterocycles. The summed E-state index contributed by atoms with van der Waals surface area (Å²) in [5.41, 5.74) is 0.234. The van der Waals surface area contributed by atoms with Gasteiger partial charge in [0.15, 0.2) is 17.3 Å². The quantitative estimate of drug-likeness (QED) is 0.350. The van der Waals surface area contributed by atoms with Gasteiger partial charge in [-0.2, -0.15) is 0 Å². The van der Waals surface area contributed by atoms with Crippen LogP contribution in [0.15, 0.2) is 36.7 Å². The van der Waals surface area contributed by atoms with Crippen molar-refractivity contribution in [3.05, 3.63) is 47.5 Å². The minimum Gasteiger partial charge on any atom is -0.504 e. The topological polar surface area (TPSA) is 108 Å². The molecule has 38 heavy (non-hydrogen) atoms. The summed E-state index contributed by atoms with van der Waals surface area (Å²) in [5, 5.41) is 21.8. The second kappa shape index (κ2) is 14.1. The first-order valence-electron chi connectivity index (χ1n) is 12.6. The van der Waals surface area contributed by atoms with Crippen molar-refractivity contribution in [3.63, 3.8) is 0 Å². The molecule has 2 aromatic carbocycles. The Labute approximate surface area is 228 Å². The predicted molar refractivity (Wildman–Crippen MR) is 150 cm³/mol. The van der Waals surface area contributed by atoms with Gasteiger partial charge in [-0.3, -0.25) is 4.79 Å². The number of amides is 1. The zero-order valence-electron chi connectivity index (χ0n) is 22.9. The Kier molecular flexibility index (Phi) is 11.5. The van der Waals surface area contributed by atoms with E-state index in [4.69, 9.17) is 21.4 Å². The van der Waals surface area contributed by atoms with Gasteiger partial charge in [-0.05, 0) is 58.2 Å². The lowest BCUT2D eigenvalue weighted by molar-refractivity contribution is -0.135. The number of ether oxygens (including phenoxy) is 1. The maximum absolute atomic E-state index is 14.0. The maximum atomic E-state index is 14.0. The second-order valence-electron chi connectivity index (χ2n) is 10.2. The summed E-state index contributed by atoms with van der Waals surface area (Å²) in [6.45, 7) is 11.1. The highest BCUT2D eigenvalue weighted by Gasteiger charge is 2.18. The third-order valence-electron chi connectivity index (χ3n) is 5.30. The number of anilines is 2. The Morgan fingerprint density at radius 1 is 1.16 bits per heavy atom. The van der Waals surface area contributed by atoms with Crippen LogP contribution in [0.3, 0.4) is 0 Å². The third kappa shape index (κ3) is 9.61. The van der Waals surface area contributed by atoms with Crippen LogP contribution in [0.1, 0.15) is 53.9 Å². The SMILES string of the molecule is CC(C)(C)O.CC(C)C(=O)N1CCCCC1.COc1cc2ncnc(Nc3cccc(Cl)c3F)c2cc1O. The van der Waals surface area contributed by atoms with Gasteiger partial charge in [0, 0.05) is 30.5 Å². The first kappa shape index (κ1) is 31.1. The fourth-order valence-corrected chi connectivity index (χ4v) is 3.72. The van der Waals surface area contributed by atoms with E-state index >= 15 is 0 Å². The first-order chi connectivity index (χ1) is 17.8. The van der Waals surface area contributed by atoms with Crippen LogP contribution in [-0.4, -0.2) is 56.8 Å². The molecule has 0 aliphatic carbocycles. The number of likely N-dealkylation sites (tertiary alicyclic amines) is 1. The Hall–Kier alpha value is -3.17. The number of nitrogens with one attached hydrogen (secondary N) is 1. The molecule has 1 aliphatic heterocycles. The number of aromatic hydroxyl groups is 1. The first-order valence-corrected chi connectivity index (χ1v) is 12.9. The normalized spacial score (nSPS) is 13.3. The number of halogens is 2. The molecule has 1 saturated heterocycles. The van der Waals surface area contributed by atoms with Crippen molar-refractivity contribution in [1.29, 1.82) is 0 Å². The number of carbonyl (C=O) groups is 1. The number of rotatable bonds is 4. The van der Waals surface area contributed by atoms with Gasteiger partial charge in [0.2, 0.25) is 5.91 Å². The lowest BCUT2D eigenvalue weighted by Crippen LogP contribution is -2.38. The van der Waals surface area contributed by atoms with E-state index in [1.807, 2.05) is 18.7 Å². The molecule has 8 nitrogen and oxygen atoms in total. The molecule has 3 N–H and O–H groups in total. The Morgan fingerprint density at radius 3 is 2.37 bits per heavy atom. The van der Waals surface area contributed by atoms with E-state index in [-0.39, 0.29) is 22.4 Å². The van der Waals surface area contributed by atoms with E-state index in [2.05, 4.69) is 15.3 Å². The van der Waals surface area contributed by atoms with Crippen LogP contribution in [-0.2, 0) is 4.79 Å². The van der Waals surface area contributed by atoms with Crippen molar-refractivity contribution in [1.82, 2.24) is 14.9 Å². The third-order valence-corrected chi connectivity index (χ3v) is 5.59. The Morgan fingerprint density at radius 2 is 1.79 bits per heavy atom. The molecule has 0 radical (unpaired) electrons. The summed E-state index contributed by atoms with van der Waals surface area (Å²) >= 11 is 5.76. The molecule has 0 atom stereocenters. The van der Waals surface area contributed by atoms with Crippen molar-refractivity contribution in [3.8, 4) is 11.5 Å². The smallest absolute Gasteiger partial charge is 0.225 e. The lowest BCUT2D eigenvalue weighted by atomic mass is 10.1. The van der Waals surface area contributed by atoms with Gasteiger partial charge in [-0.15, -0.1) is 0 Å². The number of methoxy groups -OCH3 is 1. The number of hydrogen-bond donors (Lipinski definition) is 3. The minimum atomic E-state index is -0.575. The van der Waals surface area contributed by atoms with Crippen LogP contribution in [0.4, 0.5) is 15.9 Å². The molecule has 1 aliphatic rings. The summed E-state index contributed by atoms with van der Waals surface area (Å²) in [4.78, 5) is 21.6. The van der Waals surface area contributed by atoms with Crippen molar-refractivity contribution < 1.29 is 24.1 Å². The van der Waals surface area contributed by atoms with Gasteiger partial charge in [-0.25, -0.2) is 14.4 Å². The van der Waals surface area contributed by atoms with E-state index in [1.165, 1.54) is 44.8 Å². The molecule has 0 spiro atoms. The summed E-state index contributed by atoms with van der Waals surface area (Å²) in [5.74, 6) is 0.515. The monoisotopic (exact) mass is 548 g/mol. The summed E-state index contributed by atoms with van der Waals surface area (Å²) < 4.78 is 19.0. The van der Waals surface area contributed by atoms with E-state index in [1.54, 1.807) is 39.0 Å². The molecule has 0 bridgehead atoms. The fourth-order valence-electron chi connectivity index (χ4n) is 3.54. The number of aromatic nitrogens is 2. The van der Waals surface area contributed by atoms with Gasteiger partial charge < -0.3 is 25.2 Å². The predicted octanol–water partition coefficient (Wildman–Crippen LogP) is 6.31. The number of hydrogen-bond acceptors (Lipinski definition) is 7. The van der Waals surface area contributed by atoms with E-state index in [0.29, 0.717) is 28.4 Å². The molecule has 1 fully saturated rings. The highest BCUT2D eigenvalue weighted by molar-refractivity contribution is 6.31. The number of nitrogens with zero attached hydrogens (tertiary/aromatic N) is 3. The zero-order chi connectivity index (χ0) is 28.5. The van der Waals surface area contributed by atoms with Crippen molar-refractivity contribution in [2.45, 2.75) is 59.5 Å². The van der Waals surface area contributed by atoms with Crippen molar-refractivity contribution in [2.75, 3.05) is 25.5 Å². The Balaban J connectivity index is 0.000000264. The van der Waals surface area contributed by atoms with Crippen LogP contribution in [0.5, 0.6) is 11.5 Å². The number of fused-ring (bicyclic) bond motifs is 1. The highest BCUT2D eigenvalue weighted by atomic mass is 35.5. The molecule has 1 aromatic heterocycles. The average Bonchev–Trinajstić information content (AvgIpc) is 2.86. The van der Waals surface area contributed by atoms with Gasteiger partial charge in [0.1, 0.15) is 12.1 Å². The molecule has 10 heteroatoms. The molecule has 208 valence electrons. The molecule has 0 saturated carbocycles. The lowest BCUT2D eigenvalue weighted by Gasteiger charge is -2.28. The van der Waals surface area contributed by atoms with E-state index in [0.717, 1.165) is 13.1 Å². The molecule has 1 amide bonds. The fraction of sp³-hybridized carbons (Fsp3) is 0.464. The number of phenols is 1. The number of benzene rings is 2. The second-order valence-corrected chi connectivity index (χ2v) is 10.6. The summed E-state index contributed by atoms with van der Waals surface area (Å²) in [6.07, 6.45) is 5.02. The molecule has 4 rings (SSSR count). The minimum absolute atomic E-state index is 0.00729. The maximum Gasteiger partial charge on any atom is 0.225 e. The van der Waals surface area contributed by atoms with Crippen molar-refractivity contribution in [2.24, 2.45) is 5.92 Å². The average molecular weight is 549 g/mol. The van der Waals surface area contributed by atoms with Crippen LogP contribution >= 0.6 is 11.6 Å². The molecular formula is C28H38ClFN4O4. The van der Waals surface area contributed by atoms with Crippen molar-refractivity contribution >= 4 is 39.9 Å². The van der Waals surface area contributed by atoms with Gasteiger partial charge >= 0.3 is 0 Å². The Bertz CT molecular complexity index is 1210. The van der Waals surface area contributed by atoms with E-state index in [9.17, 15) is 14.3 Å².